The minimum absolute atomic E-state index is 0.00620. The largest absolute Gasteiger partial charge is 0.336 e. The van der Waals surface area contributed by atoms with E-state index in [-0.39, 0.29) is 11.9 Å². The molecule has 1 aliphatic heterocycles. The van der Waals surface area contributed by atoms with Crippen molar-refractivity contribution in [2.75, 3.05) is 19.6 Å². The lowest BCUT2D eigenvalue weighted by Gasteiger charge is -2.35. The number of carbonyl (C=O) groups excluding carboxylic acids is 1. The fourth-order valence-electron chi connectivity index (χ4n) is 2.91. The number of aromatic nitrogens is 2. The molecule has 0 radical (unpaired) electrons. The van der Waals surface area contributed by atoms with E-state index in [1.807, 2.05) is 34.8 Å². The minimum atomic E-state index is 0.00620. The summed E-state index contributed by atoms with van der Waals surface area (Å²) >= 11 is 0. The molecule has 1 saturated heterocycles. The van der Waals surface area contributed by atoms with E-state index < -0.39 is 0 Å². The van der Waals surface area contributed by atoms with Gasteiger partial charge in [-0.1, -0.05) is 29.8 Å². The molecular formula is C17H22N4O. The van der Waals surface area contributed by atoms with Gasteiger partial charge in [-0.2, -0.15) is 0 Å². The number of imidazole rings is 1. The van der Waals surface area contributed by atoms with Crippen LogP contribution in [0.25, 0.3) is 0 Å². The first kappa shape index (κ1) is 14.8. The maximum absolute atomic E-state index is 12.7. The topological polar surface area (TPSA) is 50.2 Å². The molecular weight excluding hydrogens is 276 g/mol. The highest BCUT2D eigenvalue weighted by Crippen LogP contribution is 2.21. The van der Waals surface area contributed by atoms with Crippen molar-refractivity contribution in [2.45, 2.75) is 19.4 Å². The predicted octanol–water partition coefficient (Wildman–Crippen LogP) is 1.44. The third kappa shape index (κ3) is 3.04. The number of benzene rings is 1. The van der Waals surface area contributed by atoms with Crippen molar-refractivity contribution < 1.29 is 4.79 Å². The highest BCUT2D eigenvalue weighted by molar-refractivity contribution is 5.79. The Kier molecular flexibility index (Phi) is 4.24. The molecule has 5 heteroatoms. The van der Waals surface area contributed by atoms with Crippen molar-refractivity contribution >= 4 is 5.91 Å². The Morgan fingerprint density at radius 2 is 2.14 bits per heavy atom. The van der Waals surface area contributed by atoms with Gasteiger partial charge in [-0.3, -0.25) is 4.79 Å². The van der Waals surface area contributed by atoms with Crippen LogP contribution in [0.15, 0.2) is 36.7 Å². The molecule has 0 saturated carbocycles. The molecule has 0 bridgehead atoms. The number of carbonyl (C=O) groups is 1. The third-order valence-corrected chi connectivity index (χ3v) is 4.20. The molecule has 5 nitrogen and oxygen atoms in total. The van der Waals surface area contributed by atoms with E-state index in [2.05, 4.69) is 29.4 Å². The molecule has 1 unspecified atom stereocenters. The average molecular weight is 298 g/mol. The molecule has 1 N–H and O–H groups in total. The molecule has 22 heavy (non-hydrogen) atoms. The van der Waals surface area contributed by atoms with Crippen LogP contribution in [-0.2, 0) is 18.3 Å². The van der Waals surface area contributed by atoms with Gasteiger partial charge < -0.3 is 14.8 Å². The van der Waals surface area contributed by atoms with E-state index >= 15 is 0 Å². The van der Waals surface area contributed by atoms with E-state index in [1.165, 1.54) is 5.56 Å². The quantitative estimate of drug-likeness (QED) is 0.933. The van der Waals surface area contributed by atoms with Crippen LogP contribution in [0.2, 0.25) is 0 Å². The lowest BCUT2D eigenvalue weighted by atomic mass is 10.1. The van der Waals surface area contributed by atoms with Crippen LogP contribution >= 0.6 is 0 Å². The molecule has 116 valence electrons. The second-order valence-corrected chi connectivity index (χ2v) is 5.87. The van der Waals surface area contributed by atoms with Gasteiger partial charge in [0, 0.05) is 39.1 Å². The van der Waals surface area contributed by atoms with Crippen molar-refractivity contribution in [1.29, 1.82) is 0 Å². The lowest BCUT2D eigenvalue weighted by Crippen LogP contribution is -2.49. The van der Waals surface area contributed by atoms with Gasteiger partial charge >= 0.3 is 0 Å². The van der Waals surface area contributed by atoms with E-state index in [0.717, 1.165) is 31.0 Å². The van der Waals surface area contributed by atoms with Crippen molar-refractivity contribution in [3.8, 4) is 0 Å². The molecule has 3 rings (SSSR count). The monoisotopic (exact) mass is 298 g/mol. The minimum Gasteiger partial charge on any atom is -0.336 e. The predicted molar refractivity (Wildman–Crippen MR) is 85.4 cm³/mol. The second-order valence-electron chi connectivity index (χ2n) is 5.87. The number of hydrogen-bond donors (Lipinski definition) is 1. The molecule has 1 aromatic carbocycles. The van der Waals surface area contributed by atoms with Gasteiger partial charge in [-0.25, -0.2) is 4.98 Å². The Hall–Kier alpha value is -2.14. The second kappa shape index (κ2) is 6.32. The fourth-order valence-corrected chi connectivity index (χ4v) is 2.91. The van der Waals surface area contributed by atoms with Crippen LogP contribution in [0.3, 0.4) is 0 Å². The summed E-state index contributed by atoms with van der Waals surface area (Å²) in [6.45, 7) is 4.37. The first-order valence-corrected chi connectivity index (χ1v) is 7.68. The number of aryl methyl sites for hydroxylation is 2. The number of piperazine rings is 1. The van der Waals surface area contributed by atoms with Crippen molar-refractivity contribution in [2.24, 2.45) is 7.05 Å². The summed E-state index contributed by atoms with van der Waals surface area (Å²) in [5.41, 5.74) is 2.27. The van der Waals surface area contributed by atoms with Crippen LogP contribution in [0.5, 0.6) is 0 Å². The Morgan fingerprint density at radius 3 is 2.82 bits per heavy atom. The smallest absolute Gasteiger partial charge is 0.227 e. The zero-order valence-electron chi connectivity index (χ0n) is 13.1. The summed E-state index contributed by atoms with van der Waals surface area (Å²) < 4.78 is 1.99. The number of nitrogens with zero attached hydrogens (tertiary/aromatic N) is 3. The molecule has 1 fully saturated rings. The SMILES string of the molecule is Cc1ccc(CC(=O)N2CCNCC2c2nccn2C)cc1. The summed E-state index contributed by atoms with van der Waals surface area (Å²) in [5, 5.41) is 3.36. The number of nitrogens with one attached hydrogen (secondary N) is 1. The van der Waals surface area contributed by atoms with Gasteiger partial charge in [0.05, 0.1) is 6.42 Å². The fraction of sp³-hybridized carbons (Fsp3) is 0.412. The van der Waals surface area contributed by atoms with Crippen LogP contribution in [0, 0.1) is 6.92 Å². The zero-order valence-corrected chi connectivity index (χ0v) is 13.1. The van der Waals surface area contributed by atoms with Crippen molar-refractivity contribution in [3.05, 3.63) is 53.6 Å². The summed E-state index contributed by atoms with van der Waals surface area (Å²) in [5.74, 6) is 1.10. The Morgan fingerprint density at radius 1 is 1.36 bits per heavy atom. The average Bonchev–Trinajstić information content (AvgIpc) is 2.95. The van der Waals surface area contributed by atoms with Crippen LogP contribution in [-0.4, -0.2) is 40.0 Å². The normalized spacial score (nSPS) is 18.5. The van der Waals surface area contributed by atoms with Gasteiger partial charge in [-0.15, -0.1) is 0 Å². The van der Waals surface area contributed by atoms with Gasteiger partial charge in [0.1, 0.15) is 11.9 Å². The molecule has 2 aromatic rings. The Bertz CT molecular complexity index is 647. The summed E-state index contributed by atoms with van der Waals surface area (Å²) in [6.07, 6.45) is 4.15. The molecule has 1 aromatic heterocycles. The summed E-state index contributed by atoms with van der Waals surface area (Å²) in [4.78, 5) is 19.1. The highest BCUT2D eigenvalue weighted by Gasteiger charge is 2.30. The third-order valence-electron chi connectivity index (χ3n) is 4.20. The highest BCUT2D eigenvalue weighted by atomic mass is 16.2. The molecule has 2 heterocycles. The summed E-state index contributed by atoms with van der Waals surface area (Å²) in [7, 11) is 1.97. The maximum atomic E-state index is 12.7. The maximum Gasteiger partial charge on any atom is 0.227 e. The molecule has 0 aliphatic carbocycles. The zero-order chi connectivity index (χ0) is 15.5. The van der Waals surface area contributed by atoms with E-state index in [1.54, 1.807) is 6.20 Å². The molecule has 1 aliphatic rings. The number of hydrogen-bond acceptors (Lipinski definition) is 3. The van der Waals surface area contributed by atoms with Crippen molar-refractivity contribution in [3.63, 3.8) is 0 Å². The van der Waals surface area contributed by atoms with E-state index in [4.69, 9.17) is 0 Å². The van der Waals surface area contributed by atoms with Gasteiger partial charge in [-0.05, 0) is 12.5 Å². The van der Waals surface area contributed by atoms with Gasteiger partial charge in [0.15, 0.2) is 0 Å². The molecule has 1 atom stereocenters. The lowest BCUT2D eigenvalue weighted by molar-refractivity contribution is -0.134. The molecule has 1 amide bonds. The van der Waals surface area contributed by atoms with Crippen molar-refractivity contribution in [1.82, 2.24) is 19.8 Å². The Balaban J connectivity index is 1.77. The van der Waals surface area contributed by atoms with E-state index in [9.17, 15) is 4.79 Å². The van der Waals surface area contributed by atoms with Gasteiger partial charge in [0.2, 0.25) is 5.91 Å². The van der Waals surface area contributed by atoms with E-state index in [0.29, 0.717) is 6.42 Å². The first-order chi connectivity index (χ1) is 10.6. The van der Waals surface area contributed by atoms with Gasteiger partial charge in [0.25, 0.3) is 0 Å². The Labute approximate surface area is 131 Å². The number of amides is 1. The first-order valence-electron chi connectivity index (χ1n) is 7.68. The van der Waals surface area contributed by atoms with Crippen LogP contribution < -0.4 is 5.32 Å². The van der Waals surface area contributed by atoms with Crippen LogP contribution in [0.1, 0.15) is 23.0 Å². The van der Waals surface area contributed by atoms with Crippen LogP contribution in [0.4, 0.5) is 0 Å². The standard InChI is InChI=1S/C17H22N4O/c1-13-3-5-14(6-4-13)11-16(22)21-10-7-18-12-15(21)17-19-8-9-20(17)2/h3-6,8-9,15,18H,7,10-12H2,1-2H3. The molecule has 0 spiro atoms. The summed E-state index contributed by atoms with van der Waals surface area (Å²) in [6, 6.07) is 8.18. The number of rotatable bonds is 3.